The number of likely N-dealkylation sites (tertiary alicyclic amines) is 1. The van der Waals surface area contributed by atoms with E-state index < -0.39 is 6.43 Å². The Hall–Kier alpha value is -2.02. The number of ether oxygens (including phenoxy) is 1. The van der Waals surface area contributed by atoms with Crippen molar-refractivity contribution < 1.29 is 18.3 Å². The monoisotopic (exact) mass is 379 g/mol. The maximum Gasteiger partial charge on any atom is 0.340 e. The van der Waals surface area contributed by atoms with Gasteiger partial charge in [0, 0.05) is 17.8 Å². The summed E-state index contributed by atoms with van der Waals surface area (Å²) in [7, 11) is 0. The molecule has 0 radical (unpaired) electrons. The van der Waals surface area contributed by atoms with E-state index in [0.717, 1.165) is 29.6 Å². The van der Waals surface area contributed by atoms with Crippen LogP contribution < -0.4 is 0 Å². The van der Waals surface area contributed by atoms with Crippen molar-refractivity contribution in [3.63, 3.8) is 0 Å². The highest BCUT2D eigenvalue weighted by atomic mass is 19.3. The molecule has 0 aliphatic carbocycles. The van der Waals surface area contributed by atoms with Gasteiger partial charge in [-0.3, -0.25) is 4.90 Å². The molecule has 0 aromatic carbocycles. The molecule has 0 N–H and O–H groups in total. The third-order valence-corrected chi connectivity index (χ3v) is 5.64. The summed E-state index contributed by atoms with van der Waals surface area (Å²) in [5.74, 6) is 0.211. The Balaban J connectivity index is 1.88. The quantitative estimate of drug-likeness (QED) is 0.714. The van der Waals surface area contributed by atoms with Crippen LogP contribution in [-0.2, 0) is 4.74 Å². The molecule has 148 valence electrons. The number of aromatic nitrogens is 2. The maximum atomic E-state index is 12.6. The van der Waals surface area contributed by atoms with Gasteiger partial charge in [-0.25, -0.2) is 18.1 Å². The molecule has 5 nitrogen and oxygen atoms in total. The summed E-state index contributed by atoms with van der Waals surface area (Å²) in [5.41, 5.74) is 3.24. The van der Waals surface area contributed by atoms with Gasteiger partial charge >= 0.3 is 5.97 Å². The molecule has 0 saturated carbocycles. The average Bonchev–Trinajstić information content (AvgIpc) is 2.93. The highest BCUT2D eigenvalue weighted by Gasteiger charge is 2.31. The predicted octanol–water partition coefficient (Wildman–Crippen LogP) is 3.90. The molecule has 7 heteroatoms. The number of alkyl halides is 2. The summed E-state index contributed by atoms with van der Waals surface area (Å²) < 4.78 is 32.3. The molecule has 0 amide bonds. The number of nitrogens with zero attached hydrogens (tertiary/aromatic N) is 3. The molecule has 3 rings (SSSR count). The first-order valence-electron chi connectivity index (χ1n) is 9.57. The number of esters is 1. The highest BCUT2D eigenvalue weighted by molar-refractivity contribution is 5.99. The molecular weight excluding hydrogens is 352 g/mol. The van der Waals surface area contributed by atoms with E-state index in [1.54, 1.807) is 13.1 Å². The van der Waals surface area contributed by atoms with Crippen LogP contribution in [0.1, 0.15) is 54.2 Å². The average molecular weight is 379 g/mol. The number of rotatable bonds is 6. The van der Waals surface area contributed by atoms with Gasteiger partial charge in [0.2, 0.25) is 0 Å². The zero-order valence-corrected chi connectivity index (χ0v) is 16.1. The van der Waals surface area contributed by atoms with E-state index in [2.05, 4.69) is 12.0 Å². The lowest BCUT2D eigenvalue weighted by atomic mass is 9.82. The van der Waals surface area contributed by atoms with Crippen LogP contribution in [0.15, 0.2) is 18.3 Å². The second kappa shape index (κ2) is 8.33. The fourth-order valence-electron chi connectivity index (χ4n) is 4.28. The molecule has 0 bridgehead atoms. The maximum absolute atomic E-state index is 12.6. The standard InChI is InChI=1S/C20H27F2N3O2/c1-4-27-20(26)18-14(3)19(25-16(18)6-5-9-23-25)13(2)15-7-10-24(11-8-15)12-17(21)22/h5-6,9,13,15,17H,4,7-8,10-12H2,1-3H3. The van der Waals surface area contributed by atoms with E-state index in [4.69, 9.17) is 4.74 Å². The lowest BCUT2D eigenvalue weighted by Gasteiger charge is -2.34. The zero-order valence-electron chi connectivity index (χ0n) is 16.1. The van der Waals surface area contributed by atoms with Gasteiger partial charge in [-0.2, -0.15) is 5.10 Å². The molecule has 1 atom stereocenters. The normalized spacial score (nSPS) is 17.6. The molecule has 1 unspecified atom stereocenters. The third-order valence-electron chi connectivity index (χ3n) is 5.64. The second-order valence-electron chi connectivity index (χ2n) is 7.24. The molecule has 1 saturated heterocycles. The lowest BCUT2D eigenvalue weighted by molar-refractivity contribution is 0.0528. The highest BCUT2D eigenvalue weighted by Crippen LogP contribution is 2.37. The van der Waals surface area contributed by atoms with E-state index >= 15 is 0 Å². The van der Waals surface area contributed by atoms with Crippen LogP contribution in [-0.4, -0.2) is 53.1 Å². The molecule has 1 aliphatic heterocycles. The number of carbonyl (C=O) groups excluding carboxylic acids is 1. The Morgan fingerprint density at radius 3 is 2.70 bits per heavy atom. The van der Waals surface area contributed by atoms with Crippen LogP contribution in [0.25, 0.3) is 5.52 Å². The first kappa shape index (κ1) is 19.7. The lowest BCUT2D eigenvalue weighted by Crippen LogP contribution is -2.38. The largest absolute Gasteiger partial charge is 0.462 e. The molecule has 0 spiro atoms. The summed E-state index contributed by atoms with van der Waals surface area (Å²) in [6.07, 6.45) is 1.15. The van der Waals surface area contributed by atoms with Gasteiger partial charge in [-0.15, -0.1) is 0 Å². The van der Waals surface area contributed by atoms with E-state index in [9.17, 15) is 13.6 Å². The Bertz CT molecular complexity index is 798. The van der Waals surface area contributed by atoms with Crippen LogP contribution in [0, 0.1) is 12.8 Å². The van der Waals surface area contributed by atoms with Gasteiger partial charge < -0.3 is 4.74 Å². The fraction of sp³-hybridized carbons (Fsp3) is 0.600. The van der Waals surface area contributed by atoms with Crippen molar-refractivity contribution in [2.45, 2.75) is 46.0 Å². The third kappa shape index (κ3) is 3.98. The summed E-state index contributed by atoms with van der Waals surface area (Å²) >= 11 is 0. The molecular formula is C20H27F2N3O2. The van der Waals surface area contributed by atoms with Crippen LogP contribution in [0.2, 0.25) is 0 Å². The SMILES string of the molecule is CCOC(=O)c1c(C)c(C(C)C2CCN(CC(F)F)CC2)n2ncccc12. The van der Waals surface area contributed by atoms with Gasteiger partial charge in [-0.1, -0.05) is 6.92 Å². The minimum Gasteiger partial charge on any atom is -0.462 e. The minimum absolute atomic E-state index is 0.150. The second-order valence-corrected chi connectivity index (χ2v) is 7.24. The van der Waals surface area contributed by atoms with Crippen molar-refractivity contribution >= 4 is 11.5 Å². The van der Waals surface area contributed by atoms with Crippen LogP contribution >= 0.6 is 0 Å². The molecule has 1 fully saturated rings. The van der Waals surface area contributed by atoms with E-state index in [1.165, 1.54) is 0 Å². The molecule has 27 heavy (non-hydrogen) atoms. The minimum atomic E-state index is -2.29. The van der Waals surface area contributed by atoms with Gasteiger partial charge in [0.15, 0.2) is 0 Å². The van der Waals surface area contributed by atoms with Crippen molar-refractivity contribution in [2.75, 3.05) is 26.2 Å². The van der Waals surface area contributed by atoms with E-state index in [-0.39, 0.29) is 18.4 Å². The Kier molecular flexibility index (Phi) is 6.09. The number of hydrogen-bond acceptors (Lipinski definition) is 4. The van der Waals surface area contributed by atoms with E-state index in [1.807, 2.05) is 28.5 Å². The molecule has 2 aromatic rings. The Morgan fingerprint density at radius 2 is 2.07 bits per heavy atom. The van der Waals surface area contributed by atoms with Crippen LogP contribution in [0.5, 0.6) is 0 Å². The topological polar surface area (TPSA) is 46.8 Å². The molecule has 1 aliphatic rings. The van der Waals surface area contributed by atoms with Crippen molar-refractivity contribution in [3.05, 3.63) is 35.2 Å². The van der Waals surface area contributed by atoms with Gasteiger partial charge in [0.05, 0.1) is 24.2 Å². The predicted molar refractivity (Wildman–Crippen MR) is 99.5 cm³/mol. The number of halogens is 2. The smallest absolute Gasteiger partial charge is 0.340 e. The zero-order chi connectivity index (χ0) is 19.6. The number of hydrogen-bond donors (Lipinski definition) is 0. The van der Waals surface area contributed by atoms with Crippen molar-refractivity contribution in [1.29, 1.82) is 0 Å². The molecule has 3 heterocycles. The Labute approximate surface area is 158 Å². The van der Waals surface area contributed by atoms with Gasteiger partial charge in [0.25, 0.3) is 6.43 Å². The van der Waals surface area contributed by atoms with Crippen molar-refractivity contribution in [1.82, 2.24) is 14.5 Å². The number of carbonyl (C=O) groups is 1. The van der Waals surface area contributed by atoms with Crippen molar-refractivity contribution in [2.24, 2.45) is 5.92 Å². The van der Waals surface area contributed by atoms with Crippen LogP contribution in [0.4, 0.5) is 8.78 Å². The number of piperidine rings is 1. The first-order chi connectivity index (χ1) is 12.9. The van der Waals surface area contributed by atoms with Crippen LogP contribution in [0.3, 0.4) is 0 Å². The van der Waals surface area contributed by atoms with Crippen molar-refractivity contribution in [3.8, 4) is 0 Å². The summed E-state index contributed by atoms with van der Waals surface area (Å²) in [6, 6.07) is 3.70. The first-order valence-corrected chi connectivity index (χ1v) is 9.57. The summed E-state index contributed by atoms with van der Waals surface area (Å²) in [6.45, 7) is 7.41. The summed E-state index contributed by atoms with van der Waals surface area (Å²) in [4.78, 5) is 14.3. The van der Waals surface area contributed by atoms with Gasteiger partial charge in [-0.05, 0) is 63.4 Å². The molecule has 2 aromatic heterocycles. The fourth-order valence-corrected chi connectivity index (χ4v) is 4.28. The number of fused-ring (bicyclic) bond motifs is 1. The van der Waals surface area contributed by atoms with Gasteiger partial charge in [0.1, 0.15) is 0 Å². The Morgan fingerprint density at radius 1 is 1.37 bits per heavy atom. The summed E-state index contributed by atoms with van der Waals surface area (Å²) in [5, 5.41) is 4.47. The van der Waals surface area contributed by atoms with E-state index in [0.29, 0.717) is 31.2 Å².